The van der Waals surface area contributed by atoms with E-state index in [1.54, 1.807) is 53.4 Å². The predicted octanol–water partition coefficient (Wildman–Crippen LogP) is 2.85. The molecule has 2 amide bonds. The van der Waals surface area contributed by atoms with Crippen LogP contribution in [0.25, 0.3) is 11.4 Å². The van der Waals surface area contributed by atoms with Gasteiger partial charge in [-0.25, -0.2) is 14.4 Å². The molecule has 2 heterocycles. The first kappa shape index (κ1) is 25.1. The number of primary amides is 2. The molecule has 9 nitrogen and oxygen atoms in total. The molecule has 36 heavy (non-hydrogen) atoms. The average molecular weight is 493 g/mol. The third-order valence-corrected chi connectivity index (χ3v) is 6.06. The Morgan fingerprint density at radius 3 is 2.17 bits per heavy atom. The van der Waals surface area contributed by atoms with Crippen molar-refractivity contribution < 1.29 is 18.7 Å². The number of amides is 2. The number of nitrogens with zero attached hydrogens (tertiary/aromatic N) is 4. The number of aromatic nitrogens is 2. The van der Waals surface area contributed by atoms with Crippen LogP contribution in [-0.2, 0) is 10.5 Å². The summed E-state index contributed by atoms with van der Waals surface area (Å²) < 4.78 is 19.9. The molecule has 4 rings (SSSR count). The molecule has 1 unspecified atom stereocenters. The maximum absolute atomic E-state index is 14.1. The van der Waals surface area contributed by atoms with E-state index in [0.29, 0.717) is 48.1 Å². The molecule has 0 bridgehead atoms. The summed E-state index contributed by atoms with van der Waals surface area (Å²) in [6.45, 7) is 4.64. The minimum atomic E-state index is -1.43. The van der Waals surface area contributed by atoms with Crippen LogP contribution in [0.4, 0.5) is 10.2 Å². The Bertz CT molecular complexity index is 1260. The van der Waals surface area contributed by atoms with Crippen molar-refractivity contribution in [2.24, 2.45) is 11.5 Å². The molecule has 1 aliphatic rings. The van der Waals surface area contributed by atoms with Gasteiger partial charge in [0.25, 0.3) is 5.91 Å². The predicted molar refractivity (Wildman–Crippen MR) is 134 cm³/mol. The number of halogens is 1. The van der Waals surface area contributed by atoms with Gasteiger partial charge in [0.1, 0.15) is 34.7 Å². The molecule has 1 aromatic heterocycles. The van der Waals surface area contributed by atoms with Crippen molar-refractivity contribution >= 4 is 17.6 Å². The number of hydrogen-bond donors (Lipinski definition) is 2. The third-order valence-electron chi connectivity index (χ3n) is 6.06. The number of hydrogen-bond acceptors (Lipinski definition) is 7. The summed E-state index contributed by atoms with van der Waals surface area (Å²) >= 11 is 0. The van der Waals surface area contributed by atoms with Crippen molar-refractivity contribution in [2.45, 2.75) is 25.6 Å². The Hall–Kier alpha value is -4.05. The number of rotatable bonds is 7. The van der Waals surface area contributed by atoms with Gasteiger partial charge in [0, 0.05) is 31.3 Å². The van der Waals surface area contributed by atoms with Crippen LogP contribution < -0.4 is 21.1 Å². The van der Waals surface area contributed by atoms with E-state index in [0.717, 1.165) is 0 Å². The highest BCUT2D eigenvalue weighted by Crippen LogP contribution is 2.30. The topological polar surface area (TPSA) is 128 Å². The quantitative estimate of drug-likeness (QED) is 0.519. The van der Waals surface area contributed by atoms with Crippen molar-refractivity contribution in [1.29, 1.82) is 0 Å². The molecule has 3 aromatic rings. The van der Waals surface area contributed by atoms with Crippen LogP contribution in [0, 0.1) is 0 Å². The van der Waals surface area contributed by atoms with Gasteiger partial charge < -0.3 is 26.0 Å². The number of nitrogens with two attached hydrogens (primary N) is 2. The van der Waals surface area contributed by atoms with Crippen molar-refractivity contribution in [2.75, 3.05) is 31.6 Å². The highest BCUT2D eigenvalue weighted by atomic mass is 19.1. The number of carbonyl (C=O) groups excluding carboxylic acids is 2. The van der Waals surface area contributed by atoms with E-state index in [-0.39, 0.29) is 11.5 Å². The number of ether oxygens (including phenoxy) is 1. The second kappa shape index (κ2) is 9.90. The van der Waals surface area contributed by atoms with E-state index in [1.165, 1.54) is 19.9 Å². The lowest BCUT2D eigenvalue weighted by atomic mass is 10.0. The van der Waals surface area contributed by atoms with Crippen LogP contribution in [0.2, 0.25) is 0 Å². The molecule has 1 aliphatic heterocycles. The summed E-state index contributed by atoms with van der Waals surface area (Å²) in [4.78, 5) is 36.8. The molecule has 4 N–H and O–H groups in total. The van der Waals surface area contributed by atoms with Gasteiger partial charge in [-0.15, -0.1) is 0 Å². The van der Waals surface area contributed by atoms with Gasteiger partial charge in [0.2, 0.25) is 5.91 Å². The molecule has 1 saturated heterocycles. The zero-order chi connectivity index (χ0) is 26.0. The molecular formula is C26H29FN6O3. The van der Waals surface area contributed by atoms with Gasteiger partial charge in [-0.2, -0.15) is 0 Å². The molecule has 0 saturated carbocycles. The highest BCUT2D eigenvalue weighted by molar-refractivity contribution is 5.92. The van der Waals surface area contributed by atoms with Crippen LogP contribution in [-0.4, -0.2) is 59.4 Å². The molecule has 188 valence electrons. The van der Waals surface area contributed by atoms with E-state index >= 15 is 0 Å². The molecule has 10 heteroatoms. The fourth-order valence-electron chi connectivity index (χ4n) is 4.00. The molecule has 0 radical (unpaired) electrons. The van der Waals surface area contributed by atoms with E-state index in [2.05, 4.69) is 9.97 Å². The van der Waals surface area contributed by atoms with Crippen molar-refractivity contribution in [3.63, 3.8) is 0 Å². The third kappa shape index (κ3) is 5.60. The van der Waals surface area contributed by atoms with Crippen molar-refractivity contribution in [3.05, 3.63) is 65.9 Å². The molecule has 2 aromatic carbocycles. The van der Waals surface area contributed by atoms with Crippen LogP contribution in [0.3, 0.4) is 0 Å². The number of benzene rings is 2. The molecule has 1 fully saturated rings. The fraction of sp³-hybridized carbons (Fsp3) is 0.308. The Balaban J connectivity index is 1.60. The van der Waals surface area contributed by atoms with Crippen LogP contribution in [0.5, 0.6) is 11.5 Å². The van der Waals surface area contributed by atoms with Crippen LogP contribution in [0.1, 0.15) is 29.9 Å². The minimum absolute atomic E-state index is 0.0355. The first-order valence-electron chi connectivity index (χ1n) is 11.5. The second-order valence-corrected chi connectivity index (χ2v) is 9.30. The SMILES string of the molecule is CN1CCN(c2cc(C(N)=O)nc(-c3ccc(Oc4ccc(C(C)(C)F)cc4)cc3)n2)C(C(N)=O)C1. The molecular weight excluding hydrogens is 463 g/mol. The van der Waals surface area contributed by atoms with Crippen molar-refractivity contribution in [1.82, 2.24) is 14.9 Å². The van der Waals surface area contributed by atoms with Gasteiger partial charge in [-0.1, -0.05) is 12.1 Å². The Labute approximate surface area is 208 Å². The maximum Gasteiger partial charge on any atom is 0.267 e. The van der Waals surface area contributed by atoms with Gasteiger partial charge >= 0.3 is 0 Å². The van der Waals surface area contributed by atoms with Crippen LogP contribution in [0.15, 0.2) is 54.6 Å². The summed E-state index contributed by atoms with van der Waals surface area (Å²) in [6, 6.07) is 14.7. The van der Waals surface area contributed by atoms with Crippen molar-refractivity contribution in [3.8, 4) is 22.9 Å². The lowest BCUT2D eigenvalue weighted by Gasteiger charge is -2.39. The molecule has 1 atom stereocenters. The summed E-state index contributed by atoms with van der Waals surface area (Å²) in [5, 5.41) is 0. The van der Waals surface area contributed by atoms with Gasteiger partial charge in [0.05, 0.1) is 0 Å². The summed E-state index contributed by atoms with van der Waals surface area (Å²) in [5.41, 5.74) is 11.0. The number of piperazine rings is 1. The first-order valence-corrected chi connectivity index (χ1v) is 11.5. The van der Waals surface area contributed by atoms with E-state index in [9.17, 15) is 14.0 Å². The smallest absolute Gasteiger partial charge is 0.267 e. The maximum atomic E-state index is 14.1. The van der Waals surface area contributed by atoms with Crippen LogP contribution >= 0.6 is 0 Å². The first-order chi connectivity index (χ1) is 17.0. The van der Waals surface area contributed by atoms with E-state index in [1.807, 2.05) is 11.9 Å². The summed E-state index contributed by atoms with van der Waals surface area (Å²) in [5.74, 6) is 0.630. The summed E-state index contributed by atoms with van der Waals surface area (Å²) in [6.07, 6.45) is 0. The van der Waals surface area contributed by atoms with E-state index < -0.39 is 23.5 Å². The number of likely N-dealkylation sites (N-methyl/N-ethyl adjacent to an activating group) is 1. The van der Waals surface area contributed by atoms with Gasteiger partial charge in [-0.3, -0.25) is 9.59 Å². The zero-order valence-corrected chi connectivity index (χ0v) is 20.4. The lowest BCUT2D eigenvalue weighted by Crippen LogP contribution is -2.57. The largest absolute Gasteiger partial charge is 0.457 e. The highest BCUT2D eigenvalue weighted by Gasteiger charge is 2.31. The summed E-state index contributed by atoms with van der Waals surface area (Å²) in [7, 11) is 1.91. The number of alkyl halides is 1. The van der Waals surface area contributed by atoms with Gasteiger partial charge in [-0.05, 0) is 62.9 Å². The Morgan fingerprint density at radius 2 is 1.61 bits per heavy atom. The van der Waals surface area contributed by atoms with E-state index in [4.69, 9.17) is 16.2 Å². The fourth-order valence-corrected chi connectivity index (χ4v) is 4.00. The molecule has 0 spiro atoms. The average Bonchev–Trinajstić information content (AvgIpc) is 2.84. The standard InChI is InChI=1S/C26H29FN6O3/c1-26(2,27)17-6-10-19(11-7-17)36-18-8-4-16(5-9-18)25-30-20(23(28)34)14-22(31-25)33-13-12-32(3)15-21(33)24(29)35/h4-11,14,21H,12-13,15H2,1-3H3,(H2,28,34)(H2,29,35). The number of anilines is 1. The monoisotopic (exact) mass is 492 g/mol. The lowest BCUT2D eigenvalue weighted by molar-refractivity contribution is -0.120. The Kier molecular flexibility index (Phi) is 6.89. The zero-order valence-electron chi connectivity index (χ0n) is 20.4. The minimum Gasteiger partial charge on any atom is -0.457 e. The second-order valence-electron chi connectivity index (χ2n) is 9.30. The Morgan fingerprint density at radius 1 is 1.00 bits per heavy atom. The normalized spacial score (nSPS) is 16.6. The number of carbonyl (C=O) groups is 2. The molecule has 0 aliphatic carbocycles. The van der Waals surface area contributed by atoms with Gasteiger partial charge in [0.15, 0.2) is 5.82 Å².